The van der Waals surface area contributed by atoms with Crippen LogP contribution in [0.5, 0.6) is 0 Å². The smallest absolute Gasteiger partial charge is 0.358 e. The van der Waals surface area contributed by atoms with Crippen molar-refractivity contribution in [3.8, 4) is 0 Å². The van der Waals surface area contributed by atoms with Gasteiger partial charge < -0.3 is 20.5 Å². The predicted octanol–water partition coefficient (Wildman–Crippen LogP) is -0.157. The number of urea groups is 1. The lowest BCUT2D eigenvalue weighted by molar-refractivity contribution is 0.0690. The van der Waals surface area contributed by atoms with Crippen molar-refractivity contribution in [1.82, 2.24) is 25.6 Å². The van der Waals surface area contributed by atoms with Crippen LogP contribution in [0.2, 0.25) is 0 Å². The molecule has 1 aromatic rings. The monoisotopic (exact) mass is 297 g/mol. The van der Waals surface area contributed by atoms with E-state index in [9.17, 15) is 9.59 Å². The van der Waals surface area contributed by atoms with E-state index >= 15 is 0 Å². The molecule has 9 heteroatoms. The highest BCUT2D eigenvalue weighted by molar-refractivity contribution is 5.84. The first-order valence-corrected chi connectivity index (χ1v) is 6.72. The molecule has 0 radical (unpaired) electrons. The van der Waals surface area contributed by atoms with Crippen molar-refractivity contribution in [3.05, 3.63) is 11.9 Å². The minimum atomic E-state index is -1.13. The summed E-state index contributed by atoms with van der Waals surface area (Å²) in [5, 5.41) is 21.5. The number of carbonyl (C=O) groups excluding carboxylic acids is 1. The molecule has 3 N–H and O–H groups in total. The van der Waals surface area contributed by atoms with Gasteiger partial charge in [-0.25, -0.2) is 14.3 Å². The first kappa shape index (κ1) is 15.2. The number of nitrogens with zero attached hydrogens (tertiary/aromatic N) is 3. The maximum absolute atomic E-state index is 11.8. The number of amides is 2. The molecule has 2 amide bonds. The van der Waals surface area contributed by atoms with Crippen LogP contribution in [0.3, 0.4) is 0 Å². The van der Waals surface area contributed by atoms with Crippen LogP contribution in [0.4, 0.5) is 4.79 Å². The van der Waals surface area contributed by atoms with Crippen LogP contribution in [0.15, 0.2) is 6.20 Å². The van der Waals surface area contributed by atoms with Crippen LogP contribution in [-0.4, -0.2) is 56.9 Å². The number of rotatable bonds is 5. The van der Waals surface area contributed by atoms with Crippen molar-refractivity contribution < 1.29 is 19.4 Å². The van der Waals surface area contributed by atoms with E-state index in [-0.39, 0.29) is 23.4 Å². The quantitative estimate of drug-likeness (QED) is 0.695. The third kappa shape index (κ3) is 3.69. The Morgan fingerprint density at radius 1 is 1.62 bits per heavy atom. The molecule has 0 aromatic carbocycles. The van der Waals surface area contributed by atoms with Crippen molar-refractivity contribution in [2.75, 3.05) is 13.2 Å². The highest BCUT2D eigenvalue weighted by Crippen LogP contribution is 2.24. The van der Waals surface area contributed by atoms with Gasteiger partial charge in [-0.05, 0) is 20.3 Å². The number of hydrogen-bond donors (Lipinski definition) is 3. The van der Waals surface area contributed by atoms with E-state index in [1.165, 1.54) is 10.9 Å². The molecule has 1 aromatic heterocycles. The van der Waals surface area contributed by atoms with Gasteiger partial charge in [0.25, 0.3) is 0 Å². The lowest BCUT2D eigenvalue weighted by Gasteiger charge is -2.28. The largest absolute Gasteiger partial charge is 0.476 e. The van der Waals surface area contributed by atoms with Gasteiger partial charge in [-0.2, -0.15) is 0 Å². The highest BCUT2D eigenvalue weighted by Gasteiger charge is 2.38. The second kappa shape index (κ2) is 6.08. The molecule has 21 heavy (non-hydrogen) atoms. The van der Waals surface area contributed by atoms with Gasteiger partial charge in [-0.1, -0.05) is 5.21 Å². The average Bonchev–Trinajstić information content (AvgIpc) is 2.98. The number of nitrogens with one attached hydrogen (secondary N) is 2. The normalized spacial score (nSPS) is 24.8. The summed E-state index contributed by atoms with van der Waals surface area (Å²) < 4.78 is 6.82. The maximum Gasteiger partial charge on any atom is 0.358 e. The maximum atomic E-state index is 11.8. The third-order valence-electron chi connectivity index (χ3n) is 3.67. The Balaban J connectivity index is 1.75. The van der Waals surface area contributed by atoms with E-state index in [0.717, 1.165) is 6.42 Å². The zero-order chi connectivity index (χ0) is 15.5. The van der Waals surface area contributed by atoms with Crippen molar-refractivity contribution >= 4 is 12.0 Å². The Kier molecular flexibility index (Phi) is 4.41. The molecule has 0 bridgehead atoms. The van der Waals surface area contributed by atoms with Gasteiger partial charge in [-0.3, -0.25) is 0 Å². The molecule has 0 spiro atoms. The number of aromatic nitrogens is 3. The van der Waals surface area contributed by atoms with Crippen molar-refractivity contribution in [2.45, 2.75) is 38.5 Å². The number of aromatic carboxylic acids is 1. The summed E-state index contributed by atoms with van der Waals surface area (Å²) in [5.74, 6) is -1.13. The Hall–Kier alpha value is -2.16. The van der Waals surface area contributed by atoms with Crippen LogP contribution in [0.25, 0.3) is 0 Å². The molecule has 116 valence electrons. The molecule has 2 atom stereocenters. The molecule has 9 nitrogen and oxygen atoms in total. The third-order valence-corrected chi connectivity index (χ3v) is 3.67. The van der Waals surface area contributed by atoms with Crippen molar-refractivity contribution in [3.63, 3.8) is 0 Å². The van der Waals surface area contributed by atoms with E-state index in [0.29, 0.717) is 19.7 Å². The molecule has 1 saturated heterocycles. The molecule has 1 aliphatic rings. The molecule has 2 heterocycles. The first-order chi connectivity index (χ1) is 9.90. The highest BCUT2D eigenvalue weighted by atomic mass is 16.5. The van der Waals surface area contributed by atoms with Gasteiger partial charge in [0.15, 0.2) is 5.69 Å². The summed E-state index contributed by atoms with van der Waals surface area (Å²) in [5.41, 5.74) is -0.489. The summed E-state index contributed by atoms with van der Waals surface area (Å²) in [7, 11) is 0. The van der Waals surface area contributed by atoms with Crippen LogP contribution in [0.1, 0.15) is 30.8 Å². The minimum absolute atomic E-state index is 0.0308. The van der Waals surface area contributed by atoms with Gasteiger partial charge in [0, 0.05) is 13.2 Å². The number of carboxylic acid groups (broad SMARTS) is 1. The summed E-state index contributed by atoms with van der Waals surface area (Å²) in [6.07, 6.45) is 2.06. The summed E-state index contributed by atoms with van der Waals surface area (Å²) >= 11 is 0. The summed E-state index contributed by atoms with van der Waals surface area (Å²) in [4.78, 5) is 22.5. The Morgan fingerprint density at radius 2 is 2.38 bits per heavy atom. The Morgan fingerprint density at radius 3 is 2.95 bits per heavy atom. The number of hydrogen-bond acceptors (Lipinski definition) is 5. The fraction of sp³-hybridized carbons (Fsp3) is 0.667. The Bertz CT molecular complexity index is 531. The van der Waals surface area contributed by atoms with E-state index < -0.39 is 5.97 Å². The molecule has 0 saturated carbocycles. The lowest BCUT2D eigenvalue weighted by atomic mass is 9.95. The average molecular weight is 297 g/mol. The van der Waals surface area contributed by atoms with E-state index in [2.05, 4.69) is 20.9 Å². The second-order valence-corrected chi connectivity index (χ2v) is 5.23. The topological polar surface area (TPSA) is 118 Å². The fourth-order valence-electron chi connectivity index (χ4n) is 2.09. The van der Waals surface area contributed by atoms with Crippen molar-refractivity contribution in [2.24, 2.45) is 0 Å². The van der Waals surface area contributed by atoms with E-state index in [1.807, 2.05) is 13.8 Å². The zero-order valence-corrected chi connectivity index (χ0v) is 12.0. The first-order valence-electron chi connectivity index (χ1n) is 6.72. The number of carboxylic acids is 1. The molecule has 1 aliphatic heterocycles. The molecule has 2 rings (SSSR count). The zero-order valence-electron chi connectivity index (χ0n) is 12.0. The molecule has 2 unspecified atom stereocenters. The standard InChI is InChI=1S/C12H19N5O4/c1-8-12(2,3-6-21-8)14-11(20)13-4-5-17-7-9(10(18)19)15-16-17/h7-8H,3-6H2,1-2H3,(H,18,19)(H2,13,14,20). The summed E-state index contributed by atoms with van der Waals surface area (Å²) in [6, 6.07) is -0.284. The van der Waals surface area contributed by atoms with Crippen LogP contribution in [0, 0.1) is 0 Å². The van der Waals surface area contributed by atoms with Gasteiger partial charge >= 0.3 is 12.0 Å². The number of carbonyl (C=O) groups is 2. The Labute approximate surface area is 121 Å². The van der Waals surface area contributed by atoms with Crippen LogP contribution >= 0.6 is 0 Å². The molecular weight excluding hydrogens is 278 g/mol. The fourth-order valence-corrected chi connectivity index (χ4v) is 2.09. The van der Waals surface area contributed by atoms with Gasteiger partial charge in [0.05, 0.1) is 24.4 Å². The predicted molar refractivity (Wildman–Crippen MR) is 72.0 cm³/mol. The van der Waals surface area contributed by atoms with Gasteiger partial charge in [0.2, 0.25) is 0 Å². The number of ether oxygens (including phenoxy) is 1. The second-order valence-electron chi connectivity index (χ2n) is 5.23. The molecule has 0 aliphatic carbocycles. The van der Waals surface area contributed by atoms with Gasteiger partial charge in [0.1, 0.15) is 0 Å². The van der Waals surface area contributed by atoms with Gasteiger partial charge in [-0.15, -0.1) is 5.10 Å². The summed E-state index contributed by atoms with van der Waals surface area (Å²) in [6.45, 7) is 5.17. The van der Waals surface area contributed by atoms with Crippen LogP contribution < -0.4 is 10.6 Å². The van der Waals surface area contributed by atoms with E-state index in [1.54, 1.807) is 0 Å². The SMILES string of the molecule is CC1OCCC1(C)NC(=O)NCCn1cc(C(=O)O)nn1. The van der Waals surface area contributed by atoms with Crippen molar-refractivity contribution in [1.29, 1.82) is 0 Å². The molecule has 1 fully saturated rings. The minimum Gasteiger partial charge on any atom is -0.476 e. The van der Waals surface area contributed by atoms with E-state index in [4.69, 9.17) is 9.84 Å². The molecular formula is C12H19N5O4. The van der Waals surface area contributed by atoms with Crippen LogP contribution in [-0.2, 0) is 11.3 Å². The lowest BCUT2D eigenvalue weighted by Crippen LogP contribution is -2.54.